The number of carboxylic acid groups (broad SMARTS) is 1. The molecular weight excluding hydrogens is 288 g/mol. The van der Waals surface area contributed by atoms with Crippen LogP contribution in [0.1, 0.15) is 33.5 Å². The van der Waals surface area contributed by atoms with Crippen molar-refractivity contribution in [3.8, 4) is 0 Å². The lowest BCUT2D eigenvalue weighted by Gasteiger charge is -2.10. The van der Waals surface area contributed by atoms with Crippen molar-refractivity contribution in [2.24, 2.45) is 0 Å². The van der Waals surface area contributed by atoms with Gasteiger partial charge >= 0.3 is 5.97 Å². The van der Waals surface area contributed by atoms with Crippen LogP contribution in [0.4, 0.5) is 0 Å². The molecule has 0 heterocycles. The summed E-state index contributed by atoms with van der Waals surface area (Å²) in [6.45, 7) is 1.85. The fraction of sp³-hybridized carbons (Fsp3) is 0.176. The lowest BCUT2D eigenvalue weighted by atomic mass is 9.94. The average molecular weight is 303 g/mol. The van der Waals surface area contributed by atoms with Gasteiger partial charge in [0.05, 0.1) is 0 Å². The van der Waals surface area contributed by atoms with Crippen molar-refractivity contribution in [3.05, 3.63) is 69.7 Å². The molecule has 2 aromatic carbocycles. The third-order valence-corrected chi connectivity index (χ3v) is 3.66. The third-order valence-electron chi connectivity index (χ3n) is 3.41. The van der Waals surface area contributed by atoms with Crippen molar-refractivity contribution in [2.75, 3.05) is 0 Å². The second kappa shape index (κ2) is 6.55. The number of hydrogen-bond donors (Lipinski definition) is 1. The minimum absolute atomic E-state index is 0.0550. The maximum Gasteiger partial charge on any atom is 0.303 e. The van der Waals surface area contributed by atoms with Gasteiger partial charge in [-0.15, -0.1) is 0 Å². The highest BCUT2D eigenvalue weighted by atomic mass is 35.5. The summed E-state index contributed by atoms with van der Waals surface area (Å²) in [5, 5.41) is 9.35. The number of carboxylic acids is 1. The van der Waals surface area contributed by atoms with Crippen LogP contribution in [0.15, 0.2) is 42.5 Å². The van der Waals surface area contributed by atoms with Crippen LogP contribution in [0.2, 0.25) is 5.02 Å². The number of aryl methyl sites for hydroxylation is 1. The van der Waals surface area contributed by atoms with E-state index in [1.807, 2.05) is 13.0 Å². The molecular formula is C17H15ClO3. The van der Waals surface area contributed by atoms with Crippen LogP contribution in [-0.4, -0.2) is 16.9 Å². The first kappa shape index (κ1) is 15.3. The molecule has 0 radical (unpaired) electrons. The number of halogens is 1. The van der Waals surface area contributed by atoms with E-state index in [2.05, 4.69) is 0 Å². The summed E-state index contributed by atoms with van der Waals surface area (Å²) in [7, 11) is 0. The van der Waals surface area contributed by atoms with Crippen molar-refractivity contribution in [3.63, 3.8) is 0 Å². The zero-order valence-corrected chi connectivity index (χ0v) is 12.4. The Morgan fingerprint density at radius 2 is 1.76 bits per heavy atom. The number of ketones is 1. The van der Waals surface area contributed by atoms with E-state index >= 15 is 0 Å². The van der Waals surface area contributed by atoms with Crippen molar-refractivity contribution in [1.29, 1.82) is 0 Å². The SMILES string of the molecule is Cc1c(CCC(=O)O)cccc1C(=O)c1ccc(Cl)cc1. The molecule has 0 fully saturated rings. The molecule has 21 heavy (non-hydrogen) atoms. The molecule has 0 unspecified atom stereocenters. The van der Waals surface area contributed by atoms with Crippen molar-refractivity contribution >= 4 is 23.4 Å². The van der Waals surface area contributed by atoms with E-state index in [1.54, 1.807) is 36.4 Å². The maximum atomic E-state index is 12.5. The van der Waals surface area contributed by atoms with Crippen LogP contribution in [-0.2, 0) is 11.2 Å². The standard InChI is InChI=1S/C17H15ClO3/c1-11-12(7-10-16(19)20)3-2-4-15(11)17(21)13-5-8-14(18)9-6-13/h2-6,8-9H,7,10H2,1H3,(H,19,20). The molecule has 0 saturated carbocycles. The highest BCUT2D eigenvalue weighted by molar-refractivity contribution is 6.30. The zero-order chi connectivity index (χ0) is 15.4. The lowest BCUT2D eigenvalue weighted by Crippen LogP contribution is -2.07. The van der Waals surface area contributed by atoms with Gasteiger partial charge < -0.3 is 5.11 Å². The first-order chi connectivity index (χ1) is 9.99. The maximum absolute atomic E-state index is 12.5. The average Bonchev–Trinajstić information content (AvgIpc) is 2.46. The van der Waals surface area contributed by atoms with Gasteiger partial charge in [0, 0.05) is 22.6 Å². The lowest BCUT2D eigenvalue weighted by molar-refractivity contribution is -0.136. The van der Waals surface area contributed by atoms with Gasteiger partial charge in [-0.3, -0.25) is 9.59 Å². The van der Waals surface area contributed by atoms with Crippen LogP contribution >= 0.6 is 11.6 Å². The van der Waals surface area contributed by atoms with E-state index in [0.29, 0.717) is 22.6 Å². The quantitative estimate of drug-likeness (QED) is 0.852. The molecule has 0 atom stereocenters. The smallest absolute Gasteiger partial charge is 0.303 e. The molecule has 2 aromatic rings. The Kier molecular flexibility index (Phi) is 4.76. The third kappa shape index (κ3) is 3.70. The molecule has 0 saturated heterocycles. The molecule has 0 aliphatic heterocycles. The zero-order valence-electron chi connectivity index (χ0n) is 11.6. The van der Waals surface area contributed by atoms with E-state index in [4.69, 9.17) is 16.7 Å². The second-order valence-corrected chi connectivity index (χ2v) is 5.26. The van der Waals surface area contributed by atoms with Crippen molar-refractivity contribution in [2.45, 2.75) is 19.8 Å². The minimum atomic E-state index is -0.844. The first-order valence-electron chi connectivity index (χ1n) is 6.59. The summed E-state index contributed by atoms with van der Waals surface area (Å²) in [6, 6.07) is 12.1. The van der Waals surface area contributed by atoms with Gasteiger partial charge in [0.15, 0.2) is 5.78 Å². The Labute approximate surface area is 128 Å². The van der Waals surface area contributed by atoms with Gasteiger partial charge in [0.25, 0.3) is 0 Å². The monoisotopic (exact) mass is 302 g/mol. The van der Waals surface area contributed by atoms with E-state index in [1.165, 1.54) is 0 Å². The van der Waals surface area contributed by atoms with Crippen LogP contribution < -0.4 is 0 Å². The Bertz CT molecular complexity index is 675. The topological polar surface area (TPSA) is 54.4 Å². The van der Waals surface area contributed by atoms with Gasteiger partial charge in [-0.25, -0.2) is 0 Å². The summed E-state index contributed by atoms with van der Waals surface area (Å²) >= 11 is 5.82. The Hall–Kier alpha value is -2.13. The van der Waals surface area contributed by atoms with Crippen molar-refractivity contribution in [1.82, 2.24) is 0 Å². The molecule has 0 bridgehead atoms. The van der Waals surface area contributed by atoms with E-state index in [9.17, 15) is 9.59 Å². The molecule has 0 aliphatic rings. The Morgan fingerprint density at radius 3 is 2.38 bits per heavy atom. The normalized spacial score (nSPS) is 10.4. The molecule has 0 amide bonds. The fourth-order valence-electron chi connectivity index (χ4n) is 2.20. The molecule has 108 valence electrons. The van der Waals surface area contributed by atoms with Crippen LogP contribution in [0, 0.1) is 6.92 Å². The molecule has 1 N–H and O–H groups in total. The first-order valence-corrected chi connectivity index (χ1v) is 6.97. The van der Waals surface area contributed by atoms with Gasteiger partial charge in [-0.1, -0.05) is 29.8 Å². The summed E-state index contributed by atoms with van der Waals surface area (Å²) in [4.78, 5) is 23.2. The summed E-state index contributed by atoms with van der Waals surface area (Å²) in [5.41, 5.74) is 2.88. The highest BCUT2D eigenvalue weighted by Crippen LogP contribution is 2.20. The summed E-state index contributed by atoms with van der Waals surface area (Å²) < 4.78 is 0. The number of carbonyl (C=O) groups excluding carboxylic acids is 1. The van der Waals surface area contributed by atoms with Crippen LogP contribution in [0.5, 0.6) is 0 Å². The largest absolute Gasteiger partial charge is 0.481 e. The number of benzene rings is 2. The minimum Gasteiger partial charge on any atom is -0.481 e. The Morgan fingerprint density at radius 1 is 1.10 bits per heavy atom. The van der Waals surface area contributed by atoms with E-state index in [-0.39, 0.29) is 12.2 Å². The molecule has 2 rings (SSSR count). The van der Waals surface area contributed by atoms with Crippen LogP contribution in [0.25, 0.3) is 0 Å². The Balaban J connectivity index is 2.31. The summed E-state index contributed by atoms with van der Waals surface area (Å²) in [6.07, 6.45) is 0.475. The molecule has 3 nitrogen and oxygen atoms in total. The van der Waals surface area contributed by atoms with E-state index < -0.39 is 5.97 Å². The molecule has 0 spiro atoms. The molecule has 4 heteroatoms. The number of carbonyl (C=O) groups is 2. The fourth-order valence-corrected chi connectivity index (χ4v) is 2.32. The van der Waals surface area contributed by atoms with Crippen molar-refractivity contribution < 1.29 is 14.7 Å². The summed E-state index contributed by atoms with van der Waals surface area (Å²) in [5.74, 6) is -0.926. The number of hydrogen-bond acceptors (Lipinski definition) is 2. The molecule has 0 aliphatic carbocycles. The van der Waals surface area contributed by atoms with Gasteiger partial charge in [-0.05, 0) is 48.7 Å². The van der Waals surface area contributed by atoms with Gasteiger partial charge in [0.2, 0.25) is 0 Å². The predicted molar refractivity (Wildman–Crippen MR) is 82.0 cm³/mol. The number of aliphatic carboxylic acids is 1. The predicted octanol–water partition coefficient (Wildman–Crippen LogP) is 3.90. The van der Waals surface area contributed by atoms with Crippen LogP contribution in [0.3, 0.4) is 0 Å². The second-order valence-electron chi connectivity index (χ2n) is 4.82. The number of rotatable bonds is 5. The van der Waals surface area contributed by atoms with Gasteiger partial charge in [-0.2, -0.15) is 0 Å². The van der Waals surface area contributed by atoms with E-state index in [0.717, 1.165) is 11.1 Å². The van der Waals surface area contributed by atoms with Gasteiger partial charge in [0.1, 0.15) is 0 Å². The molecule has 0 aromatic heterocycles. The highest BCUT2D eigenvalue weighted by Gasteiger charge is 2.14.